The van der Waals surface area contributed by atoms with Crippen molar-refractivity contribution in [1.29, 1.82) is 0 Å². The fraction of sp³-hybridized carbons (Fsp3) is 0.462. The highest BCUT2D eigenvalue weighted by Gasteiger charge is 2.27. The Labute approximate surface area is 126 Å². The van der Waals surface area contributed by atoms with Crippen LogP contribution in [-0.2, 0) is 0 Å². The van der Waals surface area contributed by atoms with Crippen LogP contribution in [0.3, 0.4) is 0 Å². The van der Waals surface area contributed by atoms with Gasteiger partial charge in [-0.3, -0.25) is 4.79 Å². The second kappa shape index (κ2) is 6.13. The van der Waals surface area contributed by atoms with Crippen LogP contribution < -0.4 is 4.74 Å². The summed E-state index contributed by atoms with van der Waals surface area (Å²) in [5, 5.41) is 3.89. The molecule has 1 aliphatic rings. The molecular formula is C13H15N5O2S. The molecule has 110 valence electrons. The van der Waals surface area contributed by atoms with Gasteiger partial charge in [0.15, 0.2) is 0 Å². The largest absolute Gasteiger partial charge is 0.474 e. The Morgan fingerprint density at radius 3 is 2.86 bits per heavy atom. The smallest absolute Gasteiger partial charge is 0.267 e. The number of aromatic nitrogens is 4. The third kappa shape index (κ3) is 3.15. The van der Waals surface area contributed by atoms with E-state index in [0.29, 0.717) is 29.5 Å². The molecule has 0 radical (unpaired) electrons. The Bertz CT molecular complexity index is 610. The fourth-order valence-corrected chi connectivity index (χ4v) is 2.89. The molecule has 1 aliphatic heterocycles. The Hall–Kier alpha value is -2.09. The molecule has 0 aliphatic carbocycles. The molecular weight excluding hydrogens is 290 g/mol. The van der Waals surface area contributed by atoms with Crippen LogP contribution in [0.2, 0.25) is 0 Å². The SMILES string of the molecule is Cc1nnsc1C(=O)N1CCC(Oc2ccncn2)CC1. The van der Waals surface area contributed by atoms with E-state index in [1.807, 2.05) is 11.8 Å². The van der Waals surface area contributed by atoms with Crippen LogP contribution in [0.25, 0.3) is 0 Å². The van der Waals surface area contributed by atoms with E-state index in [1.54, 1.807) is 12.3 Å². The van der Waals surface area contributed by atoms with Gasteiger partial charge in [0.25, 0.3) is 5.91 Å². The van der Waals surface area contributed by atoms with Gasteiger partial charge in [-0.25, -0.2) is 9.97 Å². The molecule has 1 saturated heterocycles. The minimum absolute atomic E-state index is 0.0167. The van der Waals surface area contributed by atoms with Crippen LogP contribution in [-0.4, -0.2) is 49.6 Å². The molecule has 3 heterocycles. The molecule has 2 aromatic rings. The first-order valence-corrected chi connectivity index (χ1v) is 7.52. The molecule has 7 nitrogen and oxygen atoms in total. The minimum atomic E-state index is 0.0167. The number of ether oxygens (including phenoxy) is 1. The van der Waals surface area contributed by atoms with Crippen LogP contribution in [0, 0.1) is 6.92 Å². The number of hydrogen-bond donors (Lipinski definition) is 0. The molecule has 0 bridgehead atoms. The van der Waals surface area contributed by atoms with Crippen molar-refractivity contribution in [1.82, 2.24) is 24.5 Å². The maximum Gasteiger partial charge on any atom is 0.267 e. The number of hydrogen-bond acceptors (Lipinski definition) is 7. The highest BCUT2D eigenvalue weighted by atomic mass is 32.1. The van der Waals surface area contributed by atoms with Crippen LogP contribution >= 0.6 is 11.5 Å². The van der Waals surface area contributed by atoms with Crippen molar-refractivity contribution in [3.8, 4) is 5.88 Å². The zero-order valence-corrected chi connectivity index (χ0v) is 12.4. The monoisotopic (exact) mass is 305 g/mol. The lowest BCUT2D eigenvalue weighted by atomic mass is 10.1. The van der Waals surface area contributed by atoms with Crippen LogP contribution in [0.4, 0.5) is 0 Å². The Kier molecular flexibility index (Phi) is 4.05. The molecule has 3 rings (SSSR count). The van der Waals surface area contributed by atoms with E-state index >= 15 is 0 Å². The Balaban J connectivity index is 1.56. The zero-order valence-electron chi connectivity index (χ0n) is 11.6. The van der Waals surface area contributed by atoms with E-state index in [2.05, 4.69) is 19.6 Å². The number of amides is 1. The molecule has 1 amide bonds. The maximum atomic E-state index is 12.3. The van der Waals surface area contributed by atoms with Crippen molar-refractivity contribution in [3.05, 3.63) is 29.2 Å². The van der Waals surface area contributed by atoms with Gasteiger partial charge in [0.2, 0.25) is 5.88 Å². The molecule has 8 heteroatoms. The number of likely N-dealkylation sites (tertiary alicyclic amines) is 1. The van der Waals surface area contributed by atoms with Crippen molar-refractivity contribution in [3.63, 3.8) is 0 Å². The number of carbonyl (C=O) groups is 1. The summed E-state index contributed by atoms with van der Waals surface area (Å²) < 4.78 is 9.60. The lowest BCUT2D eigenvalue weighted by Gasteiger charge is -2.31. The molecule has 21 heavy (non-hydrogen) atoms. The lowest BCUT2D eigenvalue weighted by Crippen LogP contribution is -2.41. The molecule has 0 saturated carbocycles. The summed E-state index contributed by atoms with van der Waals surface area (Å²) in [7, 11) is 0. The topological polar surface area (TPSA) is 81.1 Å². The summed E-state index contributed by atoms with van der Waals surface area (Å²) in [5.74, 6) is 0.597. The van der Waals surface area contributed by atoms with Crippen LogP contribution in [0.1, 0.15) is 28.2 Å². The summed E-state index contributed by atoms with van der Waals surface area (Å²) in [6.07, 6.45) is 4.79. The Morgan fingerprint density at radius 2 is 2.24 bits per heavy atom. The normalized spacial score (nSPS) is 16.0. The van der Waals surface area contributed by atoms with Gasteiger partial charge in [-0.1, -0.05) is 4.49 Å². The van der Waals surface area contributed by atoms with Gasteiger partial charge in [0.05, 0.1) is 5.69 Å². The molecule has 0 unspecified atom stereocenters. The van der Waals surface area contributed by atoms with Crippen LogP contribution in [0.15, 0.2) is 18.6 Å². The summed E-state index contributed by atoms with van der Waals surface area (Å²) in [4.78, 5) is 22.7. The first-order chi connectivity index (χ1) is 10.2. The fourth-order valence-electron chi connectivity index (χ4n) is 2.27. The van der Waals surface area contributed by atoms with E-state index < -0.39 is 0 Å². The number of carbonyl (C=O) groups excluding carboxylic acids is 1. The van der Waals surface area contributed by atoms with Gasteiger partial charge in [0, 0.05) is 38.2 Å². The molecule has 2 aromatic heterocycles. The summed E-state index contributed by atoms with van der Waals surface area (Å²) in [6.45, 7) is 3.15. The highest BCUT2D eigenvalue weighted by molar-refractivity contribution is 7.07. The number of nitrogens with zero attached hydrogens (tertiary/aromatic N) is 5. The third-order valence-electron chi connectivity index (χ3n) is 3.42. The predicted octanol–water partition coefficient (Wildman–Crippen LogP) is 1.32. The lowest BCUT2D eigenvalue weighted by molar-refractivity contribution is 0.0591. The van der Waals surface area contributed by atoms with E-state index in [4.69, 9.17) is 4.74 Å². The van der Waals surface area contributed by atoms with Gasteiger partial charge >= 0.3 is 0 Å². The molecule has 1 fully saturated rings. The molecule has 0 atom stereocenters. The number of piperidine rings is 1. The van der Waals surface area contributed by atoms with Crippen molar-refractivity contribution in [2.75, 3.05) is 13.1 Å². The maximum absolute atomic E-state index is 12.3. The van der Waals surface area contributed by atoms with Gasteiger partial charge < -0.3 is 9.64 Å². The van der Waals surface area contributed by atoms with Crippen molar-refractivity contribution in [2.45, 2.75) is 25.9 Å². The zero-order chi connectivity index (χ0) is 14.7. The average Bonchev–Trinajstić information content (AvgIpc) is 2.94. The van der Waals surface area contributed by atoms with E-state index in [-0.39, 0.29) is 12.0 Å². The van der Waals surface area contributed by atoms with E-state index in [0.717, 1.165) is 24.4 Å². The summed E-state index contributed by atoms with van der Waals surface area (Å²) >= 11 is 1.15. The summed E-state index contributed by atoms with van der Waals surface area (Å²) in [6, 6.07) is 1.74. The van der Waals surface area contributed by atoms with Gasteiger partial charge in [-0.2, -0.15) is 0 Å². The predicted molar refractivity (Wildman–Crippen MR) is 76.2 cm³/mol. The second-order valence-corrected chi connectivity index (χ2v) is 5.60. The van der Waals surface area contributed by atoms with Gasteiger partial charge in [-0.15, -0.1) is 5.10 Å². The van der Waals surface area contributed by atoms with Gasteiger partial charge in [0.1, 0.15) is 17.3 Å². The van der Waals surface area contributed by atoms with Crippen LogP contribution in [0.5, 0.6) is 5.88 Å². The van der Waals surface area contributed by atoms with E-state index in [1.165, 1.54) is 6.33 Å². The second-order valence-electron chi connectivity index (χ2n) is 4.84. The standard InChI is InChI=1S/C13H15N5O2S/c1-9-12(21-17-16-9)13(19)18-6-3-10(4-7-18)20-11-2-5-14-8-15-11/h2,5,8,10H,3-4,6-7H2,1H3. The molecule has 0 N–H and O–H groups in total. The van der Waals surface area contributed by atoms with E-state index in [9.17, 15) is 4.79 Å². The number of aryl methyl sites for hydroxylation is 1. The Morgan fingerprint density at radius 1 is 1.43 bits per heavy atom. The first kappa shape index (κ1) is 13.9. The molecule has 0 spiro atoms. The first-order valence-electron chi connectivity index (χ1n) is 6.75. The quantitative estimate of drug-likeness (QED) is 0.850. The van der Waals surface area contributed by atoms with Crippen molar-refractivity contribution in [2.24, 2.45) is 0 Å². The number of rotatable bonds is 3. The van der Waals surface area contributed by atoms with Crippen molar-refractivity contribution >= 4 is 17.4 Å². The van der Waals surface area contributed by atoms with Gasteiger partial charge in [-0.05, 0) is 18.5 Å². The molecule has 0 aromatic carbocycles. The minimum Gasteiger partial charge on any atom is -0.474 e. The average molecular weight is 305 g/mol. The third-order valence-corrected chi connectivity index (χ3v) is 4.23. The van der Waals surface area contributed by atoms with Crippen molar-refractivity contribution < 1.29 is 9.53 Å². The summed E-state index contributed by atoms with van der Waals surface area (Å²) in [5.41, 5.74) is 0.698. The highest BCUT2D eigenvalue weighted by Crippen LogP contribution is 2.20.